The predicted molar refractivity (Wildman–Crippen MR) is 127 cm³/mol. The third kappa shape index (κ3) is 3.88. The summed E-state index contributed by atoms with van der Waals surface area (Å²) in [5.74, 6) is 2.35. The lowest BCUT2D eigenvalue weighted by Gasteiger charge is -2.16. The van der Waals surface area contributed by atoms with E-state index in [0.717, 1.165) is 28.3 Å². The highest BCUT2D eigenvalue weighted by Gasteiger charge is 2.27. The highest BCUT2D eigenvalue weighted by atomic mass is 32.2. The molecule has 1 atom stereocenters. The molecule has 2 aliphatic rings. The number of fused-ring (bicyclic) bond motifs is 2. The monoisotopic (exact) mass is 474 g/mol. The van der Waals surface area contributed by atoms with Crippen LogP contribution in [0.5, 0.6) is 0 Å². The van der Waals surface area contributed by atoms with Crippen LogP contribution in [0.2, 0.25) is 0 Å². The van der Waals surface area contributed by atoms with Gasteiger partial charge in [0.1, 0.15) is 6.10 Å². The van der Waals surface area contributed by atoms with Gasteiger partial charge in [0, 0.05) is 17.9 Å². The van der Waals surface area contributed by atoms with Crippen LogP contribution in [0.1, 0.15) is 28.9 Å². The Balaban J connectivity index is 1.29. The first-order valence-corrected chi connectivity index (χ1v) is 12.3. The van der Waals surface area contributed by atoms with Gasteiger partial charge in [0.05, 0.1) is 11.4 Å². The Morgan fingerprint density at radius 3 is 1.91 bits per heavy atom. The molecule has 0 amide bonds. The zero-order valence-electron chi connectivity index (χ0n) is 17.3. The van der Waals surface area contributed by atoms with Crippen LogP contribution in [0.25, 0.3) is 0 Å². The minimum absolute atomic E-state index is 0.193. The minimum atomic E-state index is -0.957. The average Bonchev–Trinajstić information content (AvgIpc) is 3.48. The van der Waals surface area contributed by atoms with Crippen LogP contribution < -0.4 is 0 Å². The SMILES string of the molecule is OC(Cc1nnc2n1N=C(c1ccccc1)CS2)c1nnc2n1N=C(c1ccccc1)CS2. The first-order valence-electron chi connectivity index (χ1n) is 10.4. The molecule has 33 heavy (non-hydrogen) atoms. The van der Waals surface area contributed by atoms with E-state index in [4.69, 9.17) is 10.2 Å². The number of nitrogens with zero attached hydrogens (tertiary/aromatic N) is 8. The summed E-state index contributed by atoms with van der Waals surface area (Å²) < 4.78 is 3.34. The molecule has 1 unspecified atom stereocenters. The molecule has 9 nitrogen and oxygen atoms in total. The van der Waals surface area contributed by atoms with Crippen molar-refractivity contribution in [2.24, 2.45) is 10.2 Å². The molecule has 0 fully saturated rings. The molecule has 0 saturated heterocycles. The Morgan fingerprint density at radius 1 is 0.727 bits per heavy atom. The fraction of sp³-hybridized carbons (Fsp3) is 0.182. The molecular weight excluding hydrogens is 456 g/mol. The summed E-state index contributed by atoms with van der Waals surface area (Å²) in [6.45, 7) is 0. The molecule has 0 radical (unpaired) electrons. The molecule has 0 aliphatic carbocycles. The molecular formula is C22H18N8OS2. The Labute approximate surface area is 197 Å². The van der Waals surface area contributed by atoms with Crippen LogP contribution >= 0.6 is 23.5 Å². The summed E-state index contributed by atoms with van der Waals surface area (Å²) in [6.07, 6.45) is -0.765. The summed E-state index contributed by atoms with van der Waals surface area (Å²) >= 11 is 3.12. The second kappa shape index (κ2) is 8.58. The van der Waals surface area contributed by atoms with Crippen molar-refractivity contribution in [2.45, 2.75) is 22.8 Å². The molecule has 0 bridgehead atoms. The summed E-state index contributed by atoms with van der Waals surface area (Å²) in [5.41, 5.74) is 3.95. The van der Waals surface area contributed by atoms with Crippen molar-refractivity contribution in [3.05, 3.63) is 83.4 Å². The maximum Gasteiger partial charge on any atom is 0.212 e. The predicted octanol–water partition coefficient (Wildman–Crippen LogP) is 2.86. The van der Waals surface area contributed by atoms with E-state index in [0.29, 0.717) is 27.7 Å². The van der Waals surface area contributed by atoms with Crippen molar-refractivity contribution in [2.75, 3.05) is 11.5 Å². The fourth-order valence-electron chi connectivity index (χ4n) is 3.65. The highest BCUT2D eigenvalue weighted by Crippen LogP contribution is 2.29. The molecule has 6 rings (SSSR count). The van der Waals surface area contributed by atoms with Gasteiger partial charge < -0.3 is 5.11 Å². The first-order chi connectivity index (χ1) is 16.3. The van der Waals surface area contributed by atoms with E-state index in [9.17, 15) is 5.11 Å². The average molecular weight is 475 g/mol. The van der Waals surface area contributed by atoms with Crippen molar-refractivity contribution in [3.8, 4) is 0 Å². The number of aliphatic hydroxyl groups is 1. The van der Waals surface area contributed by atoms with Crippen LogP contribution in [0.4, 0.5) is 0 Å². The van der Waals surface area contributed by atoms with E-state index in [-0.39, 0.29) is 6.42 Å². The molecule has 0 saturated carbocycles. The number of thioether (sulfide) groups is 2. The molecule has 4 aromatic rings. The number of aliphatic hydroxyl groups excluding tert-OH is 1. The van der Waals surface area contributed by atoms with Crippen LogP contribution in [0.15, 0.2) is 81.2 Å². The Bertz CT molecular complexity index is 1360. The number of hydrogen-bond donors (Lipinski definition) is 1. The Kier molecular flexibility index (Phi) is 5.29. The van der Waals surface area contributed by atoms with Gasteiger partial charge in [-0.2, -0.15) is 19.6 Å². The highest BCUT2D eigenvalue weighted by molar-refractivity contribution is 8.00. The zero-order valence-corrected chi connectivity index (χ0v) is 18.9. The van der Waals surface area contributed by atoms with Crippen molar-refractivity contribution < 1.29 is 5.11 Å². The van der Waals surface area contributed by atoms with Gasteiger partial charge in [-0.3, -0.25) is 0 Å². The Morgan fingerprint density at radius 2 is 1.27 bits per heavy atom. The number of benzene rings is 2. The van der Waals surface area contributed by atoms with E-state index in [1.54, 1.807) is 32.9 Å². The van der Waals surface area contributed by atoms with Crippen LogP contribution in [-0.4, -0.2) is 57.8 Å². The molecule has 4 heterocycles. The second-order valence-corrected chi connectivity index (χ2v) is 9.37. The summed E-state index contributed by atoms with van der Waals surface area (Å²) in [4.78, 5) is 0. The van der Waals surface area contributed by atoms with Gasteiger partial charge >= 0.3 is 0 Å². The lowest BCUT2D eigenvalue weighted by atomic mass is 10.1. The molecule has 2 aliphatic heterocycles. The number of rotatable bonds is 5. The van der Waals surface area contributed by atoms with E-state index in [2.05, 4.69) is 20.4 Å². The van der Waals surface area contributed by atoms with Crippen molar-refractivity contribution in [1.82, 2.24) is 29.7 Å². The smallest absolute Gasteiger partial charge is 0.212 e. The van der Waals surface area contributed by atoms with Gasteiger partial charge in [0.15, 0.2) is 11.6 Å². The largest absolute Gasteiger partial charge is 0.385 e. The summed E-state index contributed by atoms with van der Waals surface area (Å²) in [7, 11) is 0. The first kappa shape index (κ1) is 20.3. The standard InChI is InChI=1S/C22H18N8OS2/c31-18(20-24-26-22-30(20)28-17(13-33-22)15-9-5-2-6-10-15)11-19-23-25-21-29(19)27-16(12-32-21)14-7-3-1-4-8-14/h1-10,18,31H,11-13H2. The van der Waals surface area contributed by atoms with E-state index in [1.165, 1.54) is 0 Å². The minimum Gasteiger partial charge on any atom is -0.385 e. The van der Waals surface area contributed by atoms with Crippen LogP contribution in [-0.2, 0) is 6.42 Å². The third-order valence-corrected chi connectivity index (χ3v) is 7.18. The van der Waals surface area contributed by atoms with E-state index >= 15 is 0 Å². The molecule has 0 spiro atoms. The van der Waals surface area contributed by atoms with Crippen molar-refractivity contribution in [3.63, 3.8) is 0 Å². The van der Waals surface area contributed by atoms with Crippen LogP contribution in [0.3, 0.4) is 0 Å². The Hall–Kier alpha value is -3.28. The molecule has 1 N–H and O–H groups in total. The van der Waals surface area contributed by atoms with Gasteiger partial charge in [0.2, 0.25) is 10.3 Å². The number of aromatic nitrogens is 6. The topological polar surface area (TPSA) is 106 Å². The maximum atomic E-state index is 11.0. The second-order valence-electron chi connectivity index (χ2n) is 7.49. The molecule has 2 aromatic heterocycles. The van der Waals surface area contributed by atoms with Gasteiger partial charge in [-0.1, -0.05) is 84.2 Å². The normalized spacial score (nSPS) is 15.9. The summed E-state index contributed by atoms with van der Waals surface area (Å²) in [5, 5.41) is 38.8. The maximum absolute atomic E-state index is 11.0. The lowest BCUT2D eigenvalue weighted by molar-refractivity contribution is 0.159. The fourth-order valence-corrected chi connectivity index (χ4v) is 5.36. The van der Waals surface area contributed by atoms with Crippen molar-refractivity contribution >= 4 is 34.9 Å². The van der Waals surface area contributed by atoms with E-state index < -0.39 is 6.10 Å². The molecule has 2 aromatic carbocycles. The summed E-state index contributed by atoms with van der Waals surface area (Å²) in [6, 6.07) is 20.0. The third-order valence-electron chi connectivity index (χ3n) is 5.32. The molecule has 11 heteroatoms. The van der Waals surface area contributed by atoms with Crippen molar-refractivity contribution in [1.29, 1.82) is 0 Å². The van der Waals surface area contributed by atoms with Gasteiger partial charge in [-0.05, 0) is 11.1 Å². The van der Waals surface area contributed by atoms with Gasteiger partial charge in [-0.15, -0.1) is 20.4 Å². The van der Waals surface area contributed by atoms with Gasteiger partial charge in [-0.25, -0.2) is 0 Å². The van der Waals surface area contributed by atoms with Gasteiger partial charge in [0.25, 0.3) is 0 Å². The zero-order chi connectivity index (χ0) is 22.2. The van der Waals surface area contributed by atoms with Crippen LogP contribution in [0, 0.1) is 0 Å². The quantitative estimate of drug-likeness (QED) is 0.474. The van der Waals surface area contributed by atoms with E-state index in [1.807, 2.05) is 60.7 Å². The number of hydrogen-bond acceptors (Lipinski definition) is 9. The molecule has 164 valence electrons. The lowest BCUT2D eigenvalue weighted by Crippen LogP contribution is -2.18.